The minimum Gasteiger partial charge on any atom is -0.497 e. The van der Waals surface area contributed by atoms with Crippen LogP contribution in [0.5, 0.6) is 5.75 Å². The summed E-state index contributed by atoms with van der Waals surface area (Å²) in [6.07, 6.45) is -4.59. The fourth-order valence-electron chi connectivity index (χ4n) is 1.68. The molecule has 1 unspecified atom stereocenters. The predicted molar refractivity (Wildman–Crippen MR) is 65.8 cm³/mol. The largest absolute Gasteiger partial charge is 0.497 e. The van der Waals surface area contributed by atoms with Gasteiger partial charge in [0.25, 0.3) is 6.43 Å². The number of ether oxygens (including phenoxy) is 1. The van der Waals surface area contributed by atoms with Gasteiger partial charge in [-0.1, -0.05) is 17.3 Å². The van der Waals surface area contributed by atoms with Crippen LogP contribution in [-0.2, 0) is 12.8 Å². The van der Waals surface area contributed by atoms with Crippen molar-refractivity contribution in [3.63, 3.8) is 0 Å². The van der Waals surface area contributed by atoms with Gasteiger partial charge in [-0.15, -0.1) is 0 Å². The number of nitrogens with zero attached hydrogens (tertiary/aromatic N) is 2. The topological polar surface area (TPSA) is 68.4 Å². The molecule has 0 saturated carbocycles. The van der Waals surface area contributed by atoms with Crippen LogP contribution in [0.4, 0.5) is 8.78 Å². The molecule has 0 fully saturated rings. The molecular weight excluding hydrogens is 270 g/mol. The molecule has 0 bridgehead atoms. The van der Waals surface area contributed by atoms with Crippen molar-refractivity contribution >= 4 is 0 Å². The van der Waals surface area contributed by atoms with Crippen LogP contribution < -0.4 is 4.74 Å². The van der Waals surface area contributed by atoms with Crippen LogP contribution in [0.25, 0.3) is 0 Å². The first-order chi connectivity index (χ1) is 9.58. The summed E-state index contributed by atoms with van der Waals surface area (Å²) in [6.45, 7) is 0. The summed E-state index contributed by atoms with van der Waals surface area (Å²) < 4.78 is 34.3. The van der Waals surface area contributed by atoms with E-state index in [4.69, 9.17) is 14.4 Å². The molecule has 0 aliphatic carbocycles. The summed E-state index contributed by atoms with van der Waals surface area (Å²) in [5, 5.41) is 12.7. The van der Waals surface area contributed by atoms with Gasteiger partial charge in [0.05, 0.1) is 13.5 Å². The van der Waals surface area contributed by atoms with Crippen molar-refractivity contribution in [1.29, 1.82) is 0 Å². The van der Waals surface area contributed by atoms with E-state index in [2.05, 4.69) is 10.1 Å². The number of aliphatic hydroxyl groups is 1. The number of aliphatic hydroxyl groups excluding tert-OH is 1. The van der Waals surface area contributed by atoms with Gasteiger partial charge in [-0.3, -0.25) is 0 Å². The van der Waals surface area contributed by atoms with Gasteiger partial charge >= 0.3 is 0 Å². The standard InChI is InChI=1S/C13H14F2N2O3/c1-19-9-4-2-3-8(5-9)6-11-16-12(20-17-11)7-10(18)13(14)15/h2-5,10,13,18H,6-7H2,1H3. The average Bonchev–Trinajstić information content (AvgIpc) is 2.86. The van der Waals surface area contributed by atoms with Gasteiger partial charge in [0.2, 0.25) is 5.89 Å². The molecule has 0 spiro atoms. The number of benzene rings is 1. The van der Waals surface area contributed by atoms with E-state index in [9.17, 15) is 8.78 Å². The molecule has 0 aliphatic rings. The van der Waals surface area contributed by atoms with Crippen molar-refractivity contribution < 1.29 is 23.1 Å². The van der Waals surface area contributed by atoms with Crippen LogP contribution in [0, 0.1) is 0 Å². The molecule has 1 atom stereocenters. The maximum atomic E-state index is 12.2. The fourth-order valence-corrected chi connectivity index (χ4v) is 1.68. The Morgan fingerprint density at radius 1 is 1.40 bits per heavy atom. The third-order valence-electron chi connectivity index (χ3n) is 2.68. The van der Waals surface area contributed by atoms with Crippen molar-refractivity contribution in [3.05, 3.63) is 41.5 Å². The molecule has 0 amide bonds. The molecule has 0 radical (unpaired) electrons. The van der Waals surface area contributed by atoms with Crippen molar-refractivity contribution in [2.75, 3.05) is 7.11 Å². The predicted octanol–water partition coefficient (Wildman–Crippen LogP) is 1.84. The van der Waals surface area contributed by atoms with E-state index >= 15 is 0 Å². The van der Waals surface area contributed by atoms with Crippen LogP contribution >= 0.6 is 0 Å². The monoisotopic (exact) mass is 284 g/mol. The van der Waals surface area contributed by atoms with Gasteiger partial charge in [-0.25, -0.2) is 8.78 Å². The van der Waals surface area contributed by atoms with Crippen molar-refractivity contribution in [3.8, 4) is 5.75 Å². The number of alkyl halides is 2. The molecule has 0 saturated heterocycles. The van der Waals surface area contributed by atoms with Crippen LogP contribution in [0.15, 0.2) is 28.8 Å². The Morgan fingerprint density at radius 3 is 2.90 bits per heavy atom. The van der Waals surface area contributed by atoms with Crippen molar-refractivity contribution in [1.82, 2.24) is 10.1 Å². The molecule has 7 heteroatoms. The molecule has 5 nitrogen and oxygen atoms in total. The lowest BCUT2D eigenvalue weighted by atomic mass is 10.1. The smallest absolute Gasteiger partial charge is 0.264 e. The Balaban J connectivity index is 2.02. The summed E-state index contributed by atoms with van der Waals surface area (Å²) in [4.78, 5) is 3.97. The summed E-state index contributed by atoms with van der Waals surface area (Å²) in [5.41, 5.74) is 0.908. The number of halogens is 2. The lowest BCUT2D eigenvalue weighted by Gasteiger charge is -2.04. The van der Waals surface area contributed by atoms with Crippen LogP contribution in [0.3, 0.4) is 0 Å². The Bertz CT molecular complexity index is 560. The first kappa shape index (κ1) is 14.4. The van der Waals surface area contributed by atoms with E-state index in [1.807, 2.05) is 24.3 Å². The molecule has 1 N–H and O–H groups in total. The highest BCUT2D eigenvalue weighted by Gasteiger charge is 2.20. The third kappa shape index (κ3) is 3.74. The SMILES string of the molecule is COc1cccc(Cc2noc(CC(O)C(F)F)n2)c1. The quantitative estimate of drug-likeness (QED) is 0.876. The fraction of sp³-hybridized carbons (Fsp3) is 0.385. The highest BCUT2D eigenvalue weighted by atomic mass is 19.3. The van der Waals surface area contributed by atoms with Gasteiger partial charge in [0, 0.05) is 6.42 Å². The minimum absolute atomic E-state index is 0.00399. The number of hydrogen-bond acceptors (Lipinski definition) is 5. The van der Waals surface area contributed by atoms with E-state index in [1.165, 1.54) is 0 Å². The molecule has 0 aliphatic heterocycles. The summed E-state index contributed by atoms with van der Waals surface area (Å²) >= 11 is 0. The lowest BCUT2D eigenvalue weighted by molar-refractivity contribution is -0.00754. The maximum absolute atomic E-state index is 12.2. The van der Waals surface area contributed by atoms with Gasteiger partial charge < -0.3 is 14.4 Å². The molecule has 1 aromatic heterocycles. The Kier molecular flexibility index (Phi) is 4.62. The zero-order valence-electron chi connectivity index (χ0n) is 10.8. The number of aromatic nitrogens is 2. The van der Waals surface area contributed by atoms with Gasteiger partial charge in [0.15, 0.2) is 5.82 Å². The summed E-state index contributed by atoms with van der Waals surface area (Å²) in [7, 11) is 1.57. The molecular formula is C13H14F2N2O3. The maximum Gasteiger partial charge on any atom is 0.264 e. The van der Waals surface area contributed by atoms with E-state index in [0.29, 0.717) is 18.0 Å². The molecule has 1 heterocycles. The first-order valence-corrected chi connectivity index (χ1v) is 5.99. The summed E-state index contributed by atoms with van der Waals surface area (Å²) in [6, 6.07) is 7.33. The Hall–Kier alpha value is -2.02. The molecule has 20 heavy (non-hydrogen) atoms. The molecule has 2 rings (SSSR count). The van der Waals surface area contributed by atoms with Crippen molar-refractivity contribution in [2.45, 2.75) is 25.4 Å². The third-order valence-corrected chi connectivity index (χ3v) is 2.68. The molecule has 108 valence electrons. The Labute approximate surface area is 114 Å². The zero-order valence-corrected chi connectivity index (χ0v) is 10.8. The van der Waals surface area contributed by atoms with Crippen LogP contribution in [-0.4, -0.2) is 34.9 Å². The number of rotatable bonds is 6. The second-order valence-electron chi connectivity index (χ2n) is 4.24. The molecule has 2 aromatic rings. The van der Waals surface area contributed by atoms with E-state index in [-0.39, 0.29) is 12.3 Å². The Morgan fingerprint density at radius 2 is 2.20 bits per heavy atom. The highest BCUT2D eigenvalue weighted by molar-refractivity contribution is 5.30. The summed E-state index contributed by atoms with van der Waals surface area (Å²) in [5.74, 6) is 1.07. The second kappa shape index (κ2) is 6.42. The average molecular weight is 284 g/mol. The van der Waals surface area contributed by atoms with Gasteiger partial charge in [-0.2, -0.15) is 4.98 Å². The van der Waals surface area contributed by atoms with Gasteiger partial charge in [-0.05, 0) is 17.7 Å². The number of hydrogen-bond donors (Lipinski definition) is 1. The molecule has 1 aromatic carbocycles. The first-order valence-electron chi connectivity index (χ1n) is 5.99. The van der Waals surface area contributed by atoms with E-state index < -0.39 is 12.5 Å². The second-order valence-corrected chi connectivity index (χ2v) is 4.24. The lowest BCUT2D eigenvalue weighted by Crippen LogP contribution is -2.20. The van der Waals surface area contributed by atoms with Crippen LogP contribution in [0.2, 0.25) is 0 Å². The number of methoxy groups -OCH3 is 1. The van der Waals surface area contributed by atoms with E-state index in [0.717, 1.165) is 5.56 Å². The van der Waals surface area contributed by atoms with Gasteiger partial charge in [0.1, 0.15) is 11.9 Å². The van der Waals surface area contributed by atoms with E-state index in [1.54, 1.807) is 7.11 Å². The van der Waals surface area contributed by atoms with Crippen LogP contribution in [0.1, 0.15) is 17.3 Å². The van der Waals surface area contributed by atoms with Crippen molar-refractivity contribution in [2.24, 2.45) is 0 Å². The zero-order chi connectivity index (χ0) is 14.5. The minimum atomic E-state index is -2.83. The highest BCUT2D eigenvalue weighted by Crippen LogP contribution is 2.15. The normalized spacial score (nSPS) is 12.7.